The summed E-state index contributed by atoms with van der Waals surface area (Å²) in [5, 5.41) is 16.8. The van der Waals surface area contributed by atoms with E-state index in [0.29, 0.717) is 0 Å². The van der Waals surface area contributed by atoms with Gasteiger partial charge in [-0.1, -0.05) is 21.6 Å². The summed E-state index contributed by atoms with van der Waals surface area (Å²) in [6.45, 7) is 0. The van der Waals surface area contributed by atoms with E-state index in [2.05, 4.69) is 0 Å². The highest BCUT2D eigenvalue weighted by atomic mass is 35.0. The highest BCUT2D eigenvalue weighted by Crippen LogP contribution is 2.22. The molecule has 0 radical (unpaired) electrons. The average molecular weight is 244 g/mol. The average Bonchev–Trinajstić information content (AvgIpc) is 2.11. The molecule has 0 heterocycles. The first-order valence-corrected chi connectivity index (χ1v) is 6.15. The molecular formula is C6H12N2O4S2. The summed E-state index contributed by atoms with van der Waals surface area (Å²) >= 11 is 0. The van der Waals surface area contributed by atoms with Gasteiger partial charge in [-0.25, -0.2) is 0 Å². The zero-order valence-corrected chi connectivity index (χ0v) is 8.88. The molecule has 0 aromatic rings. The van der Waals surface area contributed by atoms with Crippen LogP contribution in [0.15, 0.2) is 0 Å². The fourth-order valence-electron chi connectivity index (χ4n) is 0.385. The molecule has 0 aliphatic carbocycles. The minimum atomic E-state index is -1.07. The molecule has 0 bridgehead atoms. The molecule has 0 saturated heterocycles. The van der Waals surface area contributed by atoms with Gasteiger partial charge >= 0.3 is 11.9 Å². The van der Waals surface area contributed by atoms with Gasteiger partial charge in [0, 0.05) is 11.5 Å². The van der Waals surface area contributed by atoms with Crippen molar-refractivity contribution >= 4 is 33.5 Å². The van der Waals surface area contributed by atoms with Crippen molar-refractivity contribution in [1.29, 1.82) is 0 Å². The van der Waals surface area contributed by atoms with Gasteiger partial charge in [0.25, 0.3) is 0 Å². The topological polar surface area (TPSA) is 127 Å². The molecule has 6 nitrogen and oxygen atoms in total. The van der Waals surface area contributed by atoms with Crippen LogP contribution in [0.4, 0.5) is 0 Å². The van der Waals surface area contributed by atoms with Crippen LogP contribution in [0.1, 0.15) is 0 Å². The van der Waals surface area contributed by atoms with Crippen LogP contribution in [0.3, 0.4) is 0 Å². The lowest BCUT2D eigenvalue weighted by Gasteiger charge is -2.07. The van der Waals surface area contributed by atoms with Crippen LogP contribution >= 0.6 is 21.6 Å². The molecule has 6 N–H and O–H groups in total. The Bertz CT molecular complexity index is 192. The van der Waals surface area contributed by atoms with Gasteiger partial charge in [-0.3, -0.25) is 9.59 Å². The Morgan fingerprint density at radius 1 is 1.00 bits per heavy atom. The van der Waals surface area contributed by atoms with Crippen LogP contribution in [0, 0.1) is 0 Å². The summed E-state index contributed by atoms with van der Waals surface area (Å²) < 4.78 is 0. The number of hydrogen-bond donors (Lipinski definition) is 4. The molecule has 2 atom stereocenters. The molecular weight excluding hydrogens is 232 g/mol. The van der Waals surface area contributed by atoms with Gasteiger partial charge < -0.3 is 21.7 Å². The van der Waals surface area contributed by atoms with Crippen molar-refractivity contribution in [1.82, 2.24) is 0 Å². The van der Waals surface area contributed by atoms with E-state index >= 15 is 0 Å². The minimum absolute atomic E-state index is 0.229. The van der Waals surface area contributed by atoms with Gasteiger partial charge in [-0.05, 0) is 0 Å². The zero-order chi connectivity index (χ0) is 11.1. The highest BCUT2D eigenvalue weighted by molar-refractivity contribution is 8.76. The number of nitrogens with two attached hydrogens (primary N) is 2. The molecule has 0 rings (SSSR count). The Hall–Kier alpha value is -0.440. The molecule has 14 heavy (non-hydrogen) atoms. The molecule has 0 aromatic heterocycles. The van der Waals surface area contributed by atoms with E-state index in [-0.39, 0.29) is 11.5 Å². The van der Waals surface area contributed by atoms with Crippen molar-refractivity contribution < 1.29 is 19.8 Å². The number of hydrogen-bond acceptors (Lipinski definition) is 6. The molecule has 0 aliphatic heterocycles. The normalized spacial score (nSPS) is 14.7. The van der Waals surface area contributed by atoms with Crippen LogP contribution in [-0.4, -0.2) is 45.7 Å². The van der Waals surface area contributed by atoms with Crippen LogP contribution in [0.5, 0.6) is 0 Å². The number of carboxylic acid groups (broad SMARTS) is 2. The molecule has 0 unspecified atom stereocenters. The van der Waals surface area contributed by atoms with E-state index in [9.17, 15) is 9.59 Å². The third kappa shape index (κ3) is 6.08. The van der Waals surface area contributed by atoms with Gasteiger partial charge in [0.2, 0.25) is 0 Å². The van der Waals surface area contributed by atoms with Gasteiger partial charge in [-0.15, -0.1) is 0 Å². The molecule has 0 saturated carbocycles. The van der Waals surface area contributed by atoms with Crippen LogP contribution < -0.4 is 11.5 Å². The minimum Gasteiger partial charge on any atom is -0.480 e. The third-order valence-corrected chi connectivity index (χ3v) is 3.69. The Balaban J connectivity index is 3.47. The van der Waals surface area contributed by atoms with E-state index < -0.39 is 24.0 Å². The van der Waals surface area contributed by atoms with Gasteiger partial charge in [0.1, 0.15) is 12.1 Å². The van der Waals surface area contributed by atoms with E-state index in [1.165, 1.54) is 21.6 Å². The van der Waals surface area contributed by atoms with Crippen LogP contribution in [-0.2, 0) is 9.59 Å². The number of carbonyl (C=O) groups is 2. The van der Waals surface area contributed by atoms with E-state index in [1.807, 2.05) is 0 Å². The van der Waals surface area contributed by atoms with E-state index in [1.54, 1.807) is 0 Å². The number of carboxylic acids is 2. The first-order chi connectivity index (χ1) is 6.45. The van der Waals surface area contributed by atoms with Crippen molar-refractivity contribution in [3.05, 3.63) is 0 Å². The van der Waals surface area contributed by atoms with Crippen molar-refractivity contribution in [2.75, 3.05) is 11.5 Å². The lowest BCUT2D eigenvalue weighted by Crippen LogP contribution is -2.33. The number of rotatable bonds is 7. The standard InChI is InChI=1S/C6H12N2O4S2/c7-3(5(9)10)1-13-14-2-4(8)6(11)12/h3-4H,1-2,7-8H2,(H,9,10)(H,11,12)/t3-,4-/m0/s1/i13+2,14+2. The maximum absolute atomic E-state index is 10.3. The molecule has 0 spiro atoms. The third-order valence-electron chi connectivity index (χ3n) is 1.21. The van der Waals surface area contributed by atoms with Crippen molar-refractivity contribution in [3.8, 4) is 0 Å². The predicted octanol–water partition coefficient (Wildman–Crippen LogP) is -0.808. The second-order valence-corrected chi connectivity index (χ2v) is 5.01. The van der Waals surface area contributed by atoms with Gasteiger partial charge in [-0.2, -0.15) is 0 Å². The van der Waals surface area contributed by atoms with Crippen LogP contribution in [0.2, 0.25) is 0 Å². The van der Waals surface area contributed by atoms with Crippen molar-refractivity contribution in [2.24, 2.45) is 11.5 Å². The number of aliphatic carboxylic acids is 2. The molecule has 82 valence electrons. The summed E-state index contributed by atoms with van der Waals surface area (Å²) in [5.41, 5.74) is 10.4. The van der Waals surface area contributed by atoms with Gasteiger partial charge in [0.05, 0.1) is 0 Å². The SMILES string of the molecule is N[C@@H](C[34S][34S]C[C@H](N)C(=O)O)C(=O)O. The Morgan fingerprint density at radius 3 is 1.50 bits per heavy atom. The second kappa shape index (κ2) is 6.93. The first kappa shape index (κ1) is 13.6. The molecule has 8 heteroatoms. The predicted molar refractivity (Wildman–Crippen MR) is 56.1 cm³/mol. The molecule has 0 fully saturated rings. The Morgan fingerprint density at radius 2 is 1.29 bits per heavy atom. The fraction of sp³-hybridized carbons (Fsp3) is 0.667. The summed E-state index contributed by atoms with van der Waals surface area (Å²) in [5.74, 6) is -1.68. The van der Waals surface area contributed by atoms with Gasteiger partial charge in [0.15, 0.2) is 0 Å². The monoisotopic (exact) mass is 244 g/mol. The fourth-order valence-corrected chi connectivity index (χ4v) is 2.61. The maximum atomic E-state index is 10.3. The summed E-state index contributed by atoms with van der Waals surface area (Å²) in [6.07, 6.45) is 0. The van der Waals surface area contributed by atoms with E-state index in [0.717, 1.165) is 0 Å². The molecule has 0 aromatic carbocycles. The van der Waals surface area contributed by atoms with Crippen LogP contribution in [0.25, 0.3) is 0 Å². The lowest BCUT2D eigenvalue weighted by molar-refractivity contribution is -0.138. The molecule has 0 amide bonds. The Labute approximate surface area is 88.8 Å². The largest absolute Gasteiger partial charge is 0.480 e. The molecule has 0 aliphatic rings. The summed E-state index contributed by atoms with van der Waals surface area (Å²) in [7, 11) is 2.41. The maximum Gasteiger partial charge on any atom is 0.321 e. The van der Waals surface area contributed by atoms with Crippen molar-refractivity contribution in [3.63, 3.8) is 0 Å². The highest BCUT2D eigenvalue weighted by Gasteiger charge is 2.14. The first-order valence-electron chi connectivity index (χ1n) is 3.66. The summed E-state index contributed by atoms with van der Waals surface area (Å²) in [4.78, 5) is 20.5. The lowest BCUT2D eigenvalue weighted by atomic mass is 10.4. The quantitative estimate of drug-likeness (QED) is 0.260. The smallest absolute Gasteiger partial charge is 0.321 e. The Kier molecular flexibility index (Phi) is 6.71. The second-order valence-electron chi connectivity index (χ2n) is 2.46. The summed E-state index contributed by atoms with van der Waals surface area (Å²) in [6, 6.07) is -1.85. The van der Waals surface area contributed by atoms with E-state index in [4.69, 9.17) is 21.7 Å². The van der Waals surface area contributed by atoms with Crippen molar-refractivity contribution in [2.45, 2.75) is 12.1 Å². The zero-order valence-electron chi connectivity index (χ0n) is 7.25.